The number of aromatic amines is 2. The van der Waals surface area contributed by atoms with Crippen molar-refractivity contribution < 1.29 is 0 Å². The molecule has 2 aromatic heterocycles. The van der Waals surface area contributed by atoms with Gasteiger partial charge in [-0.3, -0.25) is 9.89 Å². The van der Waals surface area contributed by atoms with E-state index in [0.29, 0.717) is 16.6 Å². The zero-order valence-corrected chi connectivity index (χ0v) is 13.7. The monoisotopic (exact) mass is 369 g/mol. The van der Waals surface area contributed by atoms with Crippen LogP contribution in [0.4, 0.5) is 5.69 Å². The van der Waals surface area contributed by atoms with Crippen LogP contribution in [0.25, 0.3) is 32.9 Å². The van der Waals surface area contributed by atoms with Crippen LogP contribution in [0.1, 0.15) is 5.56 Å². The average Bonchev–Trinajstić information content (AvgIpc) is 2.99. The Morgan fingerprint density at radius 1 is 1.30 bits per heavy atom. The molecule has 0 aliphatic heterocycles. The summed E-state index contributed by atoms with van der Waals surface area (Å²) in [5, 5.41) is 8.41. The molecule has 7 heteroatoms. The molecule has 0 aliphatic rings. The van der Waals surface area contributed by atoms with E-state index in [9.17, 15) is 4.79 Å². The zero-order valence-electron chi connectivity index (χ0n) is 12.1. The smallest absolute Gasteiger partial charge is 0.260 e. The van der Waals surface area contributed by atoms with Crippen molar-refractivity contribution in [3.05, 3.63) is 51.1 Å². The summed E-state index contributed by atoms with van der Waals surface area (Å²) in [6, 6.07) is 5.88. The van der Waals surface area contributed by atoms with E-state index in [-0.39, 0.29) is 5.56 Å². The molecule has 4 rings (SSSR count). The van der Waals surface area contributed by atoms with Gasteiger partial charge in [-0.05, 0) is 46.1 Å². The lowest BCUT2D eigenvalue weighted by atomic mass is 9.94. The van der Waals surface area contributed by atoms with Crippen molar-refractivity contribution in [2.24, 2.45) is 0 Å². The number of aromatic nitrogens is 4. The van der Waals surface area contributed by atoms with Crippen LogP contribution in [0, 0.1) is 6.92 Å². The lowest BCUT2D eigenvalue weighted by Crippen LogP contribution is -2.10. The predicted molar refractivity (Wildman–Crippen MR) is 94.3 cm³/mol. The zero-order chi connectivity index (χ0) is 16.1. The standard InChI is InChI=1S/C16H12BrN5O/c1-7-2-3-11-9(5-21-22-11)12(7)8-4-10(17)15-13(14(8)18)16(23)20-6-19-15/h2-6H,18H2,1H3,(H,21,22)(H,19,20,23). The van der Waals surface area contributed by atoms with Crippen LogP contribution >= 0.6 is 15.9 Å². The maximum Gasteiger partial charge on any atom is 0.260 e. The van der Waals surface area contributed by atoms with Gasteiger partial charge in [-0.1, -0.05) is 6.07 Å². The molecule has 0 radical (unpaired) electrons. The summed E-state index contributed by atoms with van der Waals surface area (Å²) in [4.78, 5) is 19.0. The van der Waals surface area contributed by atoms with E-state index in [4.69, 9.17) is 5.73 Å². The van der Waals surface area contributed by atoms with Crippen molar-refractivity contribution in [1.29, 1.82) is 0 Å². The Kier molecular flexibility index (Phi) is 2.99. The third-order valence-electron chi connectivity index (χ3n) is 4.01. The fraction of sp³-hybridized carbons (Fsp3) is 0.0625. The van der Waals surface area contributed by atoms with Crippen molar-refractivity contribution in [1.82, 2.24) is 20.2 Å². The molecule has 4 N–H and O–H groups in total. The number of hydrogen-bond donors (Lipinski definition) is 3. The lowest BCUT2D eigenvalue weighted by molar-refractivity contribution is 1.12. The van der Waals surface area contributed by atoms with Crippen LogP contribution in [0.15, 0.2) is 40.0 Å². The molecular weight excluding hydrogens is 358 g/mol. The molecule has 0 fully saturated rings. The van der Waals surface area contributed by atoms with Crippen molar-refractivity contribution in [3.8, 4) is 11.1 Å². The van der Waals surface area contributed by atoms with Gasteiger partial charge in [-0.15, -0.1) is 0 Å². The maximum absolute atomic E-state index is 12.2. The van der Waals surface area contributed by atoms with Gasteiger partial charge >= 0.3 is 0 Å². The van der Waals surface area contributed by atoms with Crippen LogP contribution in [-0.4, -0.2) is 20.2 Å². The number of rotatable bonds is 1. The largest absolute Gasteiger partial charge is 0.398 e. The number of anilines is 1. The molecule has 2 heterocycles. The Balaban J connectivity index is 2.20. The lowest BCUT2D eigenvalue weighted by Gasteiger charge is -2.13. The molecular formula is C16H12BrN5O. The Labute approximate surface area is 138 Å². The van der Waals surface area contributed by atoms with Gasteiger partial charge in [0.15, 0.2) is 0 Å². The van der Waals surface area contributed by atoms with Gasteiger partial charge in [-0.25, -0.2) is 4.98 Å². The first-order valence-corrected chi connectivity index (χ1v) is 7.75. The summed E-state index contributed by atoms with van der Waals surface area (Å²) in [6.07, 6.45) is 3.14. The highest BCUT2D eigenvalue weighted by atomic mass is 79.9. The minimum atomic E-state index is -0.257. The maximum atomic E-state index is 12.2. The Bertz CT molecular complexity index is 1130. The number of H-pyrrole nitrogens is 2. The fourth-order valence-corrected chi connectivity index (χ4v) is 3.46. The van der Waals surface area contributed by atoms with E-state index in [1.54, 1.807) is 6.20 Å². The number of aryl methyl sites for hydroxylation is 1. The summed E-state index contributed by atoms with van der Waals surface area (Å²) in [5.74, 6) is 0. The van der Waals surface area contributed by atoms with Gasteiger partial charge in [-0.2, -0.15) is 5.10 Å². The van der Waals surface area contributed by atoms with Gasteiger partial charge in [0.2, 0.25) is 0 Å². The van der Waals surface area contributed by atoms with E-state index in [1.807, 2.05) is 25.1 Å². The second kappa shape index (κ2) is 4.92. The van der Waals surface area contributed by atoms with Crippen LogP contribution in [0.2, 0.25) is 0 Å². The van der Waals surface area contributed by atoms with Crippen LogP contribution in [-0.2, 0) is 0 Å². The van der Waals surface area contributed by atoms with Crippen LogP contribution < -0.4 is 11.3 Å². The first-order valence-electron chi connectivity index (χ1n) is 6.96. The summed E-state index contributed by atoms with van der Waals surface area (Å²) in [7, 11) is 0. The second-order valence-corrected chi connectivity index (χ2v) is 6.22. The first kappa shape index (κ1) is 14.0. The number of nitrogens with two attached hydrogens (primary N) is 1. The normalized spacial score (nSPS) is 11.4. The molecule has 6 nitrogen and oxygen atoms in total. The quantitative estimate of drug-likeness (QED) is 0.448. The molecule has 0 amide bonds. The molecule has 4 aromatic rings. The Morgan fingerprint density at radius 2 is 2.13 bits per heavy atom. The summed E-state index contributed by atoms with van der Waals surface area (Å²) in [6.45, 7) is 2.01. The molecule has 0 aliphatic carbocycles. The van der Waals surface area contributed by atoms with Crippen molar-refractivity contribution >= 4 is 43.4 Å². The van der Waals surface area contributed by atoms with Gasteiger partial charge in [0.25, 0.3) is 5.56 Å². The Hall–Kier alpha value is -2.67. The van der Waals surface area contributed by atoms with Gasteiger partial charge in [0.1, 0.15) is 0 Å². The SMILES string of the molecule is Cc1ccc2[nH]ncc2c1-c1cc(Br)c2nc[nH]c(=O)c2c1N. The predicted octanol–water partition coefficient (Wildman–Crippen LogP) is 3.12. The number of halogens is 1. The molecule has 2 aromatic carbocycles. The highest BCUT2D eigenvalue weighted by molar-refractivity contribution is 9.10. The highest BCUT2D eigenvalue weighted by Gasteiger charge is 2.17. The van der Waals surface area contributed by atoms with Crippen LogP contribution in [0.5, 0.6) is 0 Å². The first-order chi connectivity index (χ1) is 11.1. The Morgan fingerprint density at radius 3 is 2.96 bits per heavy atom. The number of fused-ring (bicyclic) bond motifs is 2. The fourth-order valence-electron chi connectivity index (χ4n) is 2.93. The molecule has 0 atom stereocenters. The van der Waals surface area contributed by atoms with Crippen LogP contribution in [0.3, 0.4) is 0 Å². The minimum absolute atomic E-state index is 0.257. The van der Waals surface area contributed by atoms with E-state index < -0.39 is 0 Å². The van der Waals surface area contributed by atoms with E-state index in [0.717, 1.165) is 32.1 Å². The molecule has 23 heavy (non-hydrogen) atoms. The summed E-state index contributed by atoms with van der Waals surface area (Å²) in [5.41, 5.74) is 10.8. The van der Waals surface area contributed by atoms with Gasteiger partial charge in [0, 0.05) is 15.4 Å². The third-order valence-corrected chi connectivity index (χ3v) is 4.62. The highest BCUT2D eigenvalue weighted by Crippen LogP contribution is 2.39. The number of hydrogen-bond acceptors (Lipinski definition) is 4. The van der Waals surface area contributed by atoms with Gasteiger partial charge in [0.05, 0.1) is 34.6 Å². The number of nitrogens with one attached hydrogen (secondary N) is 2. The average molecular weight is 370 g/mol. The molecule has 0 unspecified atom stereocenters. The number of nitrogens with zero attached hydrogens (tertiary/aromatic N) is 2. The van der Waals surface area contributed by atoms with E-state index in [1.165, 1.54) is 6.33 Å². The summed E-state index contributed by atoms with van der Waals surface area (Å²) < 4.78 is 0.725. The third kappa shape index (κ3) is 1.97. The van der Waals surface area contributed by atoms with Gasteiger partial charge < -0.3 is 10.7 Å². The number of nitrogen functional groups attached to an aromatic ring is 1. The van der Waals surface area contributed by atoms with E-state index in [2.05, 4.69) is 36.1 Å². The van der Waals surface area contributed by atoms with Crippen molar-refractivity contribution in [2.75, 3.05) is 5.73 Å². The molecule has 0 saturated heterocycles. The number of benzene rings is 2. The molecule has 114 valence electrons. The van der Waals surface area contributed by atoms with E-state index >= 15 is 0 Å². The second-order valence-electron chi connectivity index (χ2n) is 5.36. The topological polar surface area (TPSA) is 100 Å². The molecule has 0 spiro atoms. The van der Waals surface area contributed by atoms with Crippen molar-refractivity contribution in [2.45, 2.75) is 6.92 Å². The minimum Gasteiger partial charge on any atom is -0.398 e. The molecule has 0 saturated carbocycles. The molecule has 0 bridgehead atoms. The summed E-state index contributed by atoms with van der Waals surface area (Å²) >= 11 is 3.50. The van der Waals surface area contributed by atoms with Crippen molar-refractivity contribution in [3.63, 3.8) is 0 Å².